The maximum atomic E-state index is 12.1. The highest BCUT2D eigenvalue weighted by Crippen LogP contribution is 2.36. The van der Waals surface area contributed by atoms with Gasteiger partial charge in [0.15, 0.2) is 6.61 Å². The van der Waals surface area contributed by atoms with Crippen LogP contribution in [0.2, 0.25) is 15.1 Å². The molecule has 0 aliphatic rings. The third-order valence-corrected chi connectivity index (χ3v) is 3.83. The Hall–Kier alpha value is -1.82. The van der Waals surface area contributed by atoms with Gasteiger partial charge in [-0.25, -0.2) is 0 Å². The van der Waals surface area contributed by atoms with E-state index < -0.39 is 5.91 Å². The molecule has 0 unspecified atom stereocenters. The van der Waals surface area contributed by atoms with Crippen molar-refractivity contribution < 1.29 is 19.0 Å². The average Bonchev–Trinajstić information content (AvgIpc) is 2.55. The molecule has 0 heterocycles. The van der Waals surface area contributed by atoms with Gasteiger partial charge in [0.2, 0.25) is 0 Å². The molecule has 1 amide bonds. The number of amides is 1. The molecule has 2 aromatic carbocycles. The van der Waals surface area contributed by atoms with Gasteiger partial charge in [-0.15, -0.1) is 0 Å². The van der Waals surface area contributed by atoms with Gasteiger partial charge >= 0.3 is 0 Å². The van der Waals surface area contributed by atoms with Crippen molar-refractivity contribution in [1.82, 2.24) is 0 Å². The molecular formula is C16H14Cl3NO4. The van der Waals surface area contributed by atoms with E-state index in [1.165, 1.54) is 20.3 Å². The molecule has 24 heavy (non-hydrogen) atoms. The summed E-state index contributed by atoms with van der Waals surface area (Å²) in [5.41, 5.74) is 0.412. The Morgan fingerprint density at radius 1 is 0.958 bits per heavy atom. The Labute approximate surface area is 154 Å². The number of anilines is 1. The highest BCUT2D eigenvalue weighted by atomic mass is 35.5. The van der Waals surface area contributed by atoms with E-state index >= 15 is 0 Å². The summed E-state index contributed by atoms with van der Waals surface area (Å²) in [5.74, 6) is 0.772. The van der Waals surface area contributed by atoms with E-state index in [1.807, 2.05) is 0 Å². The lowest BCUT2D eigenvalue weighted by Crippen LogP contribution is -2.20. The molecule has 0 aromatic heterocycles. The van der Waals surface area contributed by atoms with Crippen LogP contribution in [0.15, 0.2) is 30.3 Å². The molecule has 0 fully saturated rings. The Morgan fingerprint density at radius 2 is 1.62 bits per heavy atom. The van der Waals surface area contributed by atoms with E-state index in [4.69, 9.17) is 49.0 Å². The number of rotatable bonds is 6. The average molecular weight is 391 g/mol. The summed E-state index contributed by atoms with van der Waals surface area (Å²) >= 11 is 17.8. The first kappa shape index (κ1) is 18.5. The molecule has 0 saturated carbocycles. The SMILES string of the molecule is COc1cc(NC(=O)COc2ccc(Cl)cc2Cl)c(OC)cc1Cl. The van der Waals surface area contributed by atoms with Crippen LogP contribution in [-0.2, 0) is 4.79 Å². The van der Waals surface area contributed by atoms with Gasteiger partial charge in [-0.3, -0.25) is 4.79 Å². The summed E-state index contributed by atoms with van der Waals surface area (Å²) in [6, 6.07) is 7.85. The van der Waals surface area contributed by atoms with Crippen LogP contribution in [-0.4, -0.2) is 26.7 Å². The topological polar surface area (TPSA) is 56.8 Å². The number of carbonyl (C=O) groups excluding carboxylic acids is 1. The Kier molecular flexibility index (Phi) is 6.43. The molecule has 0 atom stereocenters. The first-order valence-electron chi connectivity index (χ1n) is 6.73. The van der Waals surface area contributed by atoms with E-state index in [-0.39, 0.29) is 6.61 Å². The summed E-state index contributed by atoms with van der Waals surface area (Å²) in [7, 11) is 2.95. The van der Waals surface area contributed by atoms with Gasteiger partial charge in [-0.05, 0) is 18.2 Å². The monoisotopic (exact) mass is 389 g/mol. The van der Waals surface area contributed by atoms with Gasteiger partial charge in [0.1, 0.15) is 17.2 Å². The maximum absolute atomic E-state index is 12.1. The largest absolute Gasteiger partial charge is 0.495 e. The van der Waals surface area contributed by atoms with E-state index in [1.54, 1.807) is 24.3 Å². The molecule has 5 nitrogen and oxygen atoms in total. The molecule has 0 aliphatic carbocycles. The van der Waals surface area contributed by atoms with Gasteiger partial charge in [0.25, 0.3) is 5.91 Å². The van der Waals surface area contributed by atoms with Crippen molar-refractivity contribution in [3.8, 4) is 17.2 Å². The van der Waals surface area contributed by atoms with Crippen LogP contribution in [0, 0.1) is 0 Å². The second kappa shape index (κ2) is 8.33. The molecule has 2 rings (SSSR count). The summed E-state index contributed by atoms with van der Waals surface area (Å²) in [6.45, 7) is -0.241. The number of carbonyl (C=O) groups is 1. The van der Waals surface area contributed by atoms with Crippen LogP contribution >= 0.6 is 34.8 Å². The van der Waals surface area contributed by atoms with Crippen molar-refractivity contribution in [2.75, 3.05) is 26.1 Å². The highest BCUT2D eigenvalue weighted by Gasteiger charge is 2.13. The first-order chi connectivity index (χ1) is 11.4. The maximum Gasteiger partial charge on any atom is 0.262 e. The molecule has 0 aliphatic heterocycles. The number of hydrogen-bond donors (Lipinski definition) is 1. The van der Waals surface area contributed by atoms with Crippen molar-refractivity contribution in [3.05, 3.63) is 45.4 Å². The Morgan fingerprint density at radius 3 is 2.25 bits per heavy atom. The van der Waals surface area contributed by atoms with Gasteiger partial charge in [0, 0.05) is 17.2 Å². The lowest BCUT2D eigenvalue weighted by atomic mass is 10.2. The van der Waals surface area contributed by atoms with E-state index in [0.29, 0.717) is 38.0 Å². The van der Waals surface area contributed by atoms with Crippen molar-refractivity contribution in [2.24, 2.45) is 0 Å². The van der Waals surface area contributed by atoms with Gasteiger partial charge < -0.3 is 19.5 Å². The quantitative estimate of drug-likeness (QED) is 0.778. The van der Waals surface area contributed by atoms with E-state index in [0.717, 1.165) is 0 Å². The highest BCUT2D eigenvalue weighted by molar-refractivity contribution is 6.35. The number of halogens is 3. The van der Waals surface area contributed by atoms with Crippen molar-refractivity contribution in [1.29, 1.82) is 0 Å². The molecule has 0 radical (unpaired) electrons. The lowest BCUT2D eigenvalue weighted by Gasteiger charge is -2.13. The van der Waals surface area contributed by atoms with Gasteiger partial charge in [-0.1, -0.05) is 34.8 Å². The summed E-state index contributed by atoms with van der Waals surface area (Å²) in [6.07, 6.45) is 0. The minimum Gasteiger partial charge on any atom is -0.495 e. The fourth-order valence-corrected chi connectivity index (χ4v) is 2.57. The number of methoxy groups -OCH3 is 2. The summed E-state index contributed by atoms with van der Waals surface area (Å²) < 4.78 is 15.7. The van der Waals surface area contributed by atoms with Gasteiger partial charge in [-0.2, -0.15) is 0 Å². The minimum absolute atomic E-state index is 0.241. The zero-order chi connectivity index (χ0) is 17.7. The molecule has 8 heteroatoms. The van der Waals surface area contributed by atoms with Crippen molar-refractivity contribution in [2.45, 2.75) is 0 Å². The van der Waals surface area contributed by atoms with Crippen LogP contribution in [0.3, 0.4) is 0 Å². The smallest absolute Gasteiger partial charge is 0.262 e. The molecule has 0 bridgehead atoms. The predicted octanol–water partition coefficient (Wildman–Crippen LogP) is 4.68. The molecule has 128 valence electrons. The van der Waals surface area contributed by atoms with Crippen LogP contribution in [0.1, 0.15) is 0 Å². The fourth-order valence-electron chi connectivity index (χ4n) is 1.88. The molecular weight excluding hydrogens is 377 g/mol. The number of benzene rings is 2. The second-order valence-electron chi connectivity index (χ2n) is 4.60. The zero-order valence-corrected chi connectivity index (χ0v) is 15.1. The standard InChI is InChI=1S/C16H14Cl3NO4/c1-22-14-7-12(15(23-2)6-11(14)19)20-16(21)8-24-13-4-3-9(17)5-10(13)18/h3-7H,8H2,1-2H3,(H,20,21). The third kappa shape index (κ3) is 4.60. The normalized spacial score (nSPS) is 10.2. The first-order valence-corrected chi connectivity index (χ1v) is 7.87. The lowest BCUT2D eigenvalue weighted by molar-refractivity contribution is -0.118. The minimum atomic E-state index is -0.399. The van der Waals surface area contributed by atoms with E-state index in [2.05, 4.69) is 5.32 Å². The summed E-state index contributed by atoms with van der Waals surface area (Å²) in [4.78, 5) is 12.1. The fraction of sp³-hybridized carbons (Fsp3) is 0.188. The predicted molar refractivity (Wildman–Crippen MR) is 95.1 cm³/mol. The zero-order valence-electron chi connectivity index (χ0n) is 12.9. The summed E-state index contributed by atoms with van der Waals surface area (Å²) in [5, 5.41) is 3.84. The second-order valence-corrected chi connectivity index (χ2v) is 5.85. The number of nitrogens with one attached hydrogen (secondary N) is 1. The van der Waals surface area contributed by atoms with Crippen molar-refractivity contribution in [3.63, 3.8) is 0 Å². The molecule has 1 N–H and O–H groups in total. The van der Waals surface area contributed by atoms with E-state index in [9.17, 15) is 4.79 Å². The molecule has 2 aromatic rings. The number of ether oxygens (including phenoxy) is 3. The Balaban J connectivity index is 2.06. The number of hydrogen-bond acceptors (Lipinski definition) is 4. The van der Waals surface area contributed by atoms with Crippen LogP contribution in [0.25, 0.3) is 0 Å². The van der Waals surface area contributed by atoms with Gasteiger partial charge in [0.05, 0.1) is 30.0 Å². The molecule has 0 spiro atoms. The third-order valence-electron chi connectivity index (χ3n) is 3.00. The van der Waals surface area contributed by atoms with Crippen LogP contribution < -0.4 is 19.5 Å². The Bertz CT molecular complexity index is 752. The van der Waals surface area contributed by atoms with Crippen LogP contribution in [0.4, 0.5) is 5.69 Å². The van der Waals surface area contributed by atoms with Crippen LogP contribution in [0.5, 0.6) is 17.2 Å². The van der Waals surface area contributed by atoms with Crippen molar-refractivity contribution >= 4 is 46.4 Å². The molecule has 0 saturated heterocycles.